The summed E-state index contributed by atoms with van der Waals surface area (Å²) in [7, 11) is 0. The molecule has 3 heteroatoms. The summed E-state index contributed by atoms with van der Waals surface area (Å²) in [6.07, 6.45) is 0. The summed E-state index contributed by atoms with van der Waals surface area (Å²) in [6.45, 7) is 0. The molecule has 1 aromatic heterocycles. The topological polar surface area (TPSA) is 30.2 Å². The van der Waals surface area contributed by atoms with Gasteiger partial charge in [-0.3, -0.25) is 0 Å². The predicted octanol–water partition coefficient (Wildman–Crippen LogP) is 1.41. The Balaban J connectivity index is 0.000000720. The Kier molecular flexibility index (Phi) is 2.69. The maximum atomic E-state index is 10.7. The van der Waals surface area contributed by atoms with Crippen LogP contribution in [-0.2, 0) is 0 Å². The van der Waals surface area contributed by atoms with E-state index in [0.717, 1.165) is 5.39 Å². The van der Waals surface area contributed by atoms with Crippen LogP contribution in [0.4, 0.5) is 0 Å². The molecular weight excluding hydrogens is 219 g/mol. The molecule has 0 unspecified atom stereocenters. The van der Waals surface area contributed by atoms with Crippen molar-refractivity contribution in [1.29, 1.82) is 0 Å². The minimum Gasteiger partial charge on any atom is -0.423 e. The van der Waals surface area contributed by atoms with Gasteiger partial charge in [0.1, 0.15) is 5.58 Å². The average Bonchev–Trinajstić information content (AvgIpc) is 2.04. The van der Waals surface area contributed by atoms with Crippen LogP contribution >= 0.6 is 0 Å². The molecule has 0 spiro atoms. The molecule has 0 fully saturated rings. The first kappa shape index (κ1) is 9.04. The Hall–Kier alpha value is -1.05. The van der Waals surface area contributed by atoms with E-state index in [-0.39, 0.29) is 22.7 Å². The van der Waals surface area contributed by atoms with Gasteiger partial charge in [-0.05, 0) is 12.1 Å². The molecule has 2 radical (unpaired) electrons. The zero-order valence-corrected chi connectivity index (χ0v) is 7.90. The van der Waals surface area contributed by atoms with Gasteiger partial charge in [0.2, 0.25) is 0 Å². The van der Waals surface area contributed by atoms with Gasteiger partial charge in [-0.1, -0.05) is 18.2 Å². The standard InChI is InChI=1S/C9H6O2.Se/c10-9-6-5-7-3-1-2-4-8(7)11-9;/h1-6H;. The molecule has 0 N–H and O–H groups in total. The van der Waals surface area contributed by atoms with Gasteiger partial charge in [-0.15, -0.1) is 0 Å². The van der Waals surface area contributed by atoms with Gasteiger partial charge in [0.25, 0.3) is 0 Å². The van der Waals surface area contributed by atoms with E-state index in [4.69, 9.17) is 4.42 Å². The van der Waals surface area contributed by atoms with Gasteiger partial charge >= 0.3 is 5.63 Å². The Morgan fingerprint density at radius 1 is 1.00 bits per heavy atom. The molecule has 0 atom stereocenters. The van der Waals surface area contributed by atoms with Crippen LogP contribution < -0.4 is 5.63 Å². The molecule has 0 saturated carbocycles. The summed E-state index contributed by atoms with van der Waals surface area (Å²) in [4.78, 5) is 10.7. The minimum atomic E-state index is -0.302. The van der Waals surface area contributed by atoms with Gasteiger partial charge < -0.3 is 4.42 Å². The first-order valence-corrected chi connectivity index (χ1v) is 3.35. The van der Waals surface area contributed by atoms with Crippen LogP contribution in [0.2, 0.25) is 0 Å². The zero-order chi connectivity index (χ0) is 7.68. The van der Waals surface area contributed by atoms with Crippen LogP contribution in [0.25, 0.3) is 11.0 Å². The fraction of sp³-hybridized carbons (Fsp3) is 0. The monoisotopic (exact) mass is 226 g/mol. The largest absolute Gasteiger partial charge is 0.423 e. The minimum absolute atomic E-state index is 0. The fourth-order valence-corrected chi connectivity index (χ4v) is 1.01. The third-order valence-electron chi connectivity index (χ3n) is 1.53. The molecule has 0 aliphatic rings. The number of rotatable bonds is 0. The van der Waals surface area contributed by atoms with E-state index in [1.807, 2.05) is 18.2 Å². The number of para-hydroxylation sites is 1. The van der Waals surface area contributed by atoms with E-state index in [0.29, 0.717) is 5.58 Å². The molecule has 2 rings (SSSR count). The molecule has 0 saturated heterocycles. The van der Waals surface area contributed by atoms with Crippen molar-refractivity contribution in [3.63, 3.8) is 0 Å². The van der Waals surface area contributed by atoms with E-state index in [1.54, 1.807) is 12.1 Å². The van der Waals surface area contributed by atoms with Crippen LogP contribution in [0.15, 0.2) is 45.6 Å². The van der Waals surface area contributed by atoms with Crippen molar-refractivity contribution in [3.05, 3.63) is 46.8 Å². The van der Waals surface area contributed by atoms with Crippen molar-refractivity contribution < 1.29 is 4.42 Å². The summed E-state index contributed by atoms with van der Waals surface area (Å²) in [5.74, 6) is 0. The molecule has 1 heterocycles. The first-order valence-electron chi connectivity index (χ1n) is 3.35. The second-order valence-corrected chi connectivity index (χ2v) is 2.29. The van der Waals surface area contributed by atoms with Gasteiger partial charge in [0.15, 0.2) is 0 Å². The third-order valence-corrected chi connectivity index (χ3v) is 1.53. The third kappa shape index (κ3) is 1.58. The second kappa shape index (κ2) is 3.57. The van der Waals surface area contributed by atoms with Crippen molar-refractivity contribution in [2.75, 3.05) is 0 Å². The molecule has 2 aromatic rings. The number of benzene rings is 1. The SMILES string of the molecule is O=c1ccc2ccccc2o1.[Se]. The van der Waals surface area contributed by atoms with Crippen molar-refractivity contribution in [1.82, 2.24) is 0 Å². The Bertz CT molecular complexity index is 433. The average molecular weight is 225 g/mol. The molecule has 0 amide bonds. The Morgan fingerprint density at radius 3 is 2.58 bits per heavy atom. The molecule has 1 aromatic carbocycles. The first-order chi connectivity index (χ1) is 5.36. The van der Waals surface area contributed by atoms with Crippen molar-refractivity contribution >= 4 is 28.0 Å². The molecule has 0 aliphatic heterocycles. The Labute approximate surface area is 79.7 Å². The fourth-order valence-electron chi connectivity index (χ4n) is 1.01. The quantitative estimate of drug-likeness (QED) is 0.501. The second-order valence-electron chi connectivity index (χ2n) is 2.29. The molecule has 60 valence electrons. The van der Waals surface area contributed by atoms with Crippen molar-refractivity contribution in [2.24, 2.45) is 0 Å². The van der Waals surface area contributed by atoms with E-state index in [1.165, 1.54) is 6.07 Å². The summed E-state index contributed by atoms with van der Waals surface area (Å²) < 4.78 is 4.91. The van der Waals surface area contributed by atoms with Gasteiger partial charge in [0.05, 0.1) is 0 Å². The molecule has 0 bridgehead atoms. The maximum Gasteiger partial charge on any atom is 0.336 e. The molecule has 2 nitrogen and oxygen atoms in total. The van der Waals surface area contributed by atoms with Crippen LogP contribution in [0.1, 0.15) is 0 Å². The normalized spacial score (nSPS) is 9.33. The maximum absolute atomic E-state index is 10.7. The molecule has 0 aliphatic carbocycles. The summed E-state index contributed by atoms with van der Waals surface area (Å²) in [5, 5.41) is 0.951. The summed E-state index contributed by atoms with van der Waals surface area (Å²) >= 11 is 0. The van der Waals surface area contributed by atoms with E-state index in [9.17, 15) is 4.79 Å². The van der Waals surface area contributed by atoms with Gasteiger partial charge in [-0.2, -0.15) is 0 Å². The van der Waals surface area contributed by atoms with Crippen LogP contribution in [0.3, 0.4) is 0 Å². The summed E-state index contributed by atoms with van der Waals surface area (Å²) in [6, 6.07) is 10.6. The Morgan fingerprint density at radius 2 is 1.75 bits per heavy atom. The van der Waals surface area contributed by atoms with E-state index < -0.39 is 0 Å². The van der Waals surface area contributed by atoms with Crippen LogP contribution in [0, 0.1) is 0 Å². The van der Waals surface area contributed by atoms with Crippen LogP contribution in [-0.4, -0.2) is 17.1 Å². The van der Waals surface area contributed by atoms with Crippen molar-refractivity contribution in [3.8, 4) is 0 Å². The number of hydrogen-bond donors (Lipinski definition) is 0. The zero-order valence-electron chi connectivity index (χ0n) is 6.19. The summed E-state index contributed by atoms with van der Waals surface area (Å²) in [5.41, 5.74) is 0.337. The van der Waals surface area contributed by atoms with E-state index in [2.05, 4.69) is 0 Å². The van der Waals surface area contributed by atoms with E-state index >= 15 is 0 Å². The number of fused-ring (bicyclic) bond motifs is 1. The van der Waals surface area contributed by atoms with Crippen molar-refractivity contribution in [2.45, 2.75) is 0 Å². The van der Waals surface area contributed by atoms with Gasteiger partial charge in [-0.25, -0.2) is 4.79 Å². The molecule has 12 heavy (non-hydrogen) atoms. The van der Waals surface area contributed by atoms with Crippen LogP contribution in [0.5, 0.6) is 0 Å². The molecular formula is C9H6O2Se. The number of hydrogen-bond acceptors (Lipinski definition) is 2. The smallest absolute Gasteiger partial charge is 0.336 e. The van der Waals surface area contributed by atoms with Gasteiger partial charge in [0, 0.05) is 28.5 Å². The predicted molar refractivity (Wildman–Crippen MR) is 48.2 cm³/mol.